The van der Waals surface area contributed by atoms with Crippen molar-refractivity contribution < 1.29 is 23.8 Å². The number of aromatic nitrogens is 1. The average Bonchev–Trinajstić information content (AvgIpc) is 3.33. The molecule has 0 spiro atoms. The van der Waals surface area contributed by atoms with Crippen LogP contribution < -0.4 is 5.32 Å². The summed E-state index contributed by atoms with van der Waals surface area (Å²) in [6.45, 7) is 6.10. The Balaban J connectivity index is 1.81. The van der Waals surface area contributed by atoms with E-state index in [1.807, 2.05) is 6.92 Å². The standard InChI is InChI=1S/C28H29Cl2FN2O4S/c1-4-6-11-37-24(8-5-2)19-10-7-9-18(25(19)31)23-15-38-28(32-23)33-26(34)17-13-21(29)20(22(30)14-17)12-16(3)27(35)36/h7,9-10,12-15,24H,4-6,8,11H2,1-3H3,(H,35,36)(H,32,33,34)/b16-12+. The van der Waals surface area contributed by atoms with Crippen molar-refractivity contribution >= 4 is 57.6 Å². The molecule has 0 aliphatic carbocycles. The average molecular weight is 580 g/mol. The number of thiazole rings is 1. The Morgan fingerprint density at radius 2 is 1.92 bits per heavy atom. The third-order valence-corrected chi connectivity index (χ3v) is 7.17. The highest BCUT2D eigenvalue weighted by molar-refractivity contribution is 7.14. The topological polar surface area (TPSA) is 88.5 Å². The number of halogens is 3. The van der Waals surface area contributed by atoms with Gasteiger partial charge in [-0.25, -0.2) is 14.2 Å². The smallest absolute Gasteiger partial charge is 0.331 e. The maximum absolute atomic E-state index is 15.6. The second-order valence-electron chi connectivity index (χ2n) is 8.69. The molecule has 0 bridgehead atoms. The van der Waals surface area contributed by atoms with Crippen LogP contribution in [-0.4, -0.2) is 28.6 Å². The maximum atomic E-state index is 15.6. The third kappa shape index (κ3) is 7.41. The molecule has 2 aromatic carbocycles. The molecule has 1 unspecified atom stereocenters. The first-order valence-electron chi connectivity index (χ1n) is 12.2. The van der Waals surface area contributed by atoms with E-state index in [9.17, 15) is 9.59 Å². The largest absolute Gasteiger partial charge is 0.478 e. The molecule has 0 aliphatic heterocycles. The Bertz CT molecular complexity index is 1320. The molecular weight excluding hydrogens is 550 g/mol. The zero-order valence-electron chi connectivity index (χ0n) is 21.3. The van der Waals surface area contributed by atoms with Crippen molar-refractivity contribution in [2.75, 3.05) is 11.9 Å². The van der Waals surface area contributed by atoms with E-state index in [1.165, 1.54) is 25.1 Å². The Labute approximate surface area is 235 Å². The van der Waals surface area contributed by atoms with Crippen molar-refractivity contribution in [3.8, 4) is 11.3 Å². The summed E-state index contributed by atoms with van der Waals surface area (Å²) in [5, 5.41) is 14.0. The van der Waals surface area contributed by atoms with Gasteiger partial charge in [-0.05, 0) is 44.0 Å². The number of benzene rings is 2. The molecule has 38 heavy (non-hydrogen) atoms. The minimum absolute atomic E-state index is 0.0474. The Hall–Kier alpha value is -2.78. The minimum atomic E-state index is -1.11. The molecule has 3 aromatic rings. The monoisotopic (exact) mass is 578 g/mol. The molecule has 1 atom stereocenters. The predicted octanol–water partition coefficient (Wildman–Crippen LogP) is 8.65. The van der Waals surface area contributed by atoms with Crippen LogP contribution in [0.2, 0.25) is 10.0 Å². The fraction of sp³-hybridized carbons (Fsp3) is 0.321. The summed E-state index contributed by atoms with van der Waals surface area (Å²) in [5.74, 6) is -2.00. The van der Waals surface area contributed by atoms with E-state index in [2.05, 4.69) is 17.2 Å². The van der Waals surface area contributed by atoms with Gasteiger partial charge in [0.1, 0.15) is 5.82 Å². The van der Waals surface area contributed by atoms with Crippen molar-refractivity contribution in [3.63, 3.8) is 0 Å². The van der Waals surface area contributed by atoms with E-state index in [0.717, 1.165) is 30.6 Å². The number of carbonyl (C=O) groups excluding carboxylic acids is 1. The summed E-state index contributed by atoms with van der Waals surface area (Å²) in [5.41, 5.74) is 1.74. The molecule has 0 fully saturated rings. The fourth-order valence-electron chi connectivity index (χ4n) is 3.71. The first-order valence-corrected chi connectivity index (χ1v) is 13.9. The number of rotatable bonds is 12. The lowest BCUT2D eigenvalue weighted by molar-refractivity contribution is -0.132. The number of aliphatic carboxylic acids is 1. The van der Waals surface area contributed by atoms with Gasteiger partial charge in [0, 0.05) is 39.8 Å². The van der Waals surface area contributed by atoms with Crippen LogP contribution in [0.5, 0.6) is 0 Å². The summed E-state index contributed by atoms with van der Waals surface area (Å²) >= 11 is 13.7. The van der Waals surface area contributed by atoms with Crippen LogP contribution in [0.4, 0.5) is 9.52 Å². The van der Waals surface area contributed by atoms with Gasteiger partial charge in [0.15, 0.2) is 5.13 Å². The van der Waals surface area contributed by atoms with Crippen LogP contribution in [0.25, 0.3) is 17.3 Å². The predicted molar refractivity (Wildman–Crippen MR) is 152 cm³/mol. The summed E-state index contributed by atoms with van der Waals surface area (Å²) < 4.78 is 21.6. The molecule has 3 rings (SSSR count). The molecule has 1 aromatic heterocycles. The second kappa shape index (κ2) is 13.8. The minimum Gasteiger partial charge on any atom is -0.478 e. The first-order chi connectivity index (χ1) is 18.2. The lowest BCUT2D eigenvalue weighted by Crippen LogP contribution is -2.12. The summed E-state index contributed by atoms with van der Waals surface area (Å²) in [7, 11) is 0. The number of nitrogens with one attached hydrogen (secondary N) is 1. The van der Waals surface area contributed by atoms with E-state index in [-0.39, 0.29) is 38.2 Å². The molecule has 2 N–H and O–H groups in total. The number of nitrogens with zero attached hydrogens (tertiary/aromatic N) is 1. The molecule has 202 valence electrons. The van der Waals surface area contributed by atoms with Gasteiger partial charge < -0.3 is 9.84 Å². The number of anilines is 1. The van der Waals surface area contributed by atoms with E-state index >= 15 is 4.39 Å². The van der Waals surface area contributed by atoms with E-state index < -0.39 is 11.9 Å². The fourth-order valence-corrected chi connectivity index (χ4v) is 5.01. The lowest BCUT2D eigenvalue weighted by Gasteiger charge is -2.19. The number of carbonyl (C=O) groups is 2. The van der Waals surface area contributed by atoms with Crippen molar-refractivity contribution in [3.05, 3.63) is 73.8 Å². The second-order valence-corrected chi connectivity index (χ2v) is 10.4. The molecule has 1 heterocycles. The van der Waals surface area contributed by atoms with Crippen LogP contribution in [0.3, 0.4) is 0 Å². The molecule has 10 heteroatoms. The number of hydrogen-bond donors (Lipinski definition) is 2. The molecule has 6 nitrogen and oxygen atoms in total. The molecule has 1 amide bonds. The molecule has 0 saturated heterocycles. The van der Waals surface area contributed by atoms with Gasteiger partial charge in [0.25, 0.3) is 5.91 Å². The van der Waals surface area contributed by atoms with Gasteiger partial charge in [-0.3, -0.25) is 10.1 Å². The number of hydrogen-bond acceptors (Lipinski definition) is 5. The first kappa shape index (κ1) is 29.8. The van der Waals surface area contributed by atoms with Crippen molar-refractivity contribution in [2.45, 2.75) is 52.6 Å². The Morgan fingerprint density at radius 3 is 2.55 bits per heavy atom. The lowest BCUT2D eigenvalue weighted by atomic mass is 10.0. The van der Waals surface area contributed by atoms with Gasteiger partial charge in [-0.15, -0.1) is 11.3 Å². The maximum Gasteiger partial charge on any atom is 0.331 e. The summed E-state index contributed by atoms with van der Waals surface area (Å²) in [4.78, 5) is 28.4. The van der Waals surface area contributed by atoms with E-state index in [1.54, 1.807) is 23.6 Å². The highest BCUT2D eigenvalue weighted by Crippen LogP contribution is 2.34. The number of ether oxygens (including phenoxy) is 1. The van der Waals surface area contributed by atoms with Gasteiger partial charge in [0.05, 0.1) is 21.8 Å². The molecular formula is C28H29Cl2FN2O4S. The number of amides is 1. The van der Waals surface area contributed by atoms with Crippen LogP contribution in [0.15, 0.2) is 41.3 Å². The zero-order chi connectivity index (χ0) is 27.8. The summed E-state index contributed by atoms with van der Waals surface area (Å²) in [6, 6.07) is 7.97. The molecule has 0 saturated carbocycles. The van der Waals surface area contributed by atoms with Gasteiger partial charge in [-0.1, -0.05) is 62.0 Å². The Morgan fingerprint density at radius 1 is 1.21 bits per heavy atom. The van der Waals surface area contributed by atoms with Crippen molar-refractivity contribution in [2.24, 2.45) is 0 Å². The quantitative estimate of drug-likeness (QED) is 0.166. The summed E-state index contributed by atoms with van der Waals surface area (Å²) in [6.07, 6.45) is 4.48. The highest BCUT2D eigenvalue weighted by atomic mass is 35.5. The number of unbranched alkanes of at least 4 members (excludes halogenated alkanes) is 1. The van der Waals surface area contributed by atoms with E-state index in [4.69, 9.17) is 33.0 Å². The van der Waals surface area contributed by atoms with Crippen LogP contribution in [-0.2, 0) is 9.53 Å². The zero-order valence-corrected chi connectivity index (χ0v) is 23.6. The van der Waals surface area contributed by atoms with Crippen molar-refractivity contribution in [1.82, 2.24) is 4.98 Å². The molecule has 0 radical (unpaired) electrons. The van der Waals surface area contributed by atoms with Crippen molar-refractivity contribution in [1.29, 1.82) is 0 Å². The normalized spacial score (nSPS) is 12.4. The van der Waals surface area contributed by atoms with Gasteiger partial charge >= 0.3 is 5.97 Å². The Kier molecular flexibility index (Phi) is 10.8. The third-order valence-electron chi connectivity index (χ3n) is 5.78. The number of carboxylic acids is 1. The van der Waals surface area contributed by atoms with Crippen LogP contribution in [0.1, 0.15) is 74.0 Å². The van der Waals surface area contributed by atoms with E-state index in [0.29, 0.717) is 35.4 Å². The van der Waals surface area contributed by atoms with Gasteiger partial charge in [0.2, 0.25) is 0 Å². The van der Waals surface area contributed by atoms with Crippen LogP contribution in [0, 0.1) is 5.82 Å². The molecule has 0 aliphatic rings. The van der Waals surface area contributed by atoms with Gasteiger partial charge in [-0.2, -0.15) is 0 Å². The van der Waals surface area contributed by atoms with Crippen LogP contribution >= 0.6 is 34.5 Å². The SMILES string of the molecule is CCCCOC(CCC)c1cccc(-c2csc(NC(=O)c3cc(Cl)c(/C=C(\C)C(=O)O)c(Cl)c3)n2)c1F. The number of carboxylic acid groups (broad SMARTS) is 1. The highest BCUT2D eigenvalue weighted by Gasteiger charge is 2.21.